The second-order valence-corrected chi connectivity index (χ2v) is 5.40. The molecule has 2 heterocycles. The second kappa shape index (κ2) is 6.99. The monoisotopic (exact) mass is 376 g/mol. The van der Waals surface area contributed by atoms with Crippen LogP contribution in [0.2, 0.25) is 5.15 Å². The van der Waals surface area contributed by atoms with Crippen LogP contribution in [0.15, 0.2) is 41.3 Å². The Hall–Kier alpha value is -0.750. The topological polar surface area (TPSA) is 29.3 Å². The third-order valence-corrected chi connectivity index (χ3v) is 3.58. The van der Waals surface area contributed by atoms with Crippen molar-refractivity contribution in [3.8, 4) is 0 Å². The van der Waals surface area contributed by atoms with Gasteiger partial charge >= 0.3 is 0 Å². The fourth-order valence-electron chi connectivity index (χ4n) is 1.71. The van der Waals surface area contributed by atoms with Gasteiger partial charge in [0, 0.05) is 23.7 Å². The van der Waals surface area contributed by atoms with Crippen molar-refractivity contribution in [2.75, 3.05) is 15.9 Å². The van der Waals surface area contributed by atoms with E-state index in [1.165, 1.54) is 0 Å². The maximum Gasteiger partial charge on any atom is 0.129 e. The predicted molar refractivity (Wildman–Crippen MR) is 82.5 cm³/mol. The molecule has 18 heavy (non-hydrogen) atoms. The smallest absolute Gasteiger partial charge is 0.129 e. The molecule has 0 spiro atoms. The van der Waals surface area contributed by atoms with Crippen molar-refractivity contribution in [3.05, 3.63) is 47.6 Å². The van der Waals surface area contributed by atoms with Crippen LogP contribution in [0.5, 0.6) is 0 Å². The molecule has 0 bridgehead atoms. The van der Waals surface area contributed by atoms with Gasteiger partial charge in [-0.15, -0.1) is 0 Å². The van der Waals surface area contributed by atoms with Crippen LogP contribution in [-0.2, 0) is 6.54 Å². The number of furan rings is 1. The number of aromatic nitrogens is 1. The standard InChI is InChI=1S/C13H14ClIN2O/c14-13-3-2-11(8-16-13)9-17(6-1-5-15)12-4-7-18-10-12/h2-4,7-8,10H,1,5-6,9H2. The molecular formula is C13H14ClIN2O. The summed E-state index contributed by atoms with van der Waals surface area (Å²) < 4.78 is 6.30. The molecule has 0 unspecified atom stereocenters. The van der Waals surface area contributed by atoms with E-state index in [9.17, 15) is 0 Å². The lowest BCUT2D eigenvalue weighted by atomic mass is 10.2. The zero-order valence-corrected chi connectivity index (χ0v) is 12.8. The van der Waals surface area contributed by atoms with Gasteiger partial charge in [0.1, 0.15) is 11.4 Å². The van der Waals surface area contributed by atoms with E-state index >= 15 is 0 Å². The van der Waals surface area contributed by atoms with Crippen LogP contribution >= 0.6 is 34.2 Å². The molecule has 2 rings (SSSR count). The average Bonchev–Trinajstić information content (AvgIpc) is 2.90. The lowest BCUT2D eigenvalue weighted by molar-refractivity contribution is 0.565. The average molecular weight is 377 g/mol. The van der Waals surface area contributed by atoms with Crippen LogP contribution < -0.4 is 4.90 Å². The summed E-state index contributed by atoms with van der Waals surface area (Å²) >= 11 is 8.18. The van der Waals surface area contributed by atoms with E-state index in [1.54, 1.807) is 12.5 Å². The highest BCUT2D eigenvalue weighted by molar-refractivity contribution is 14.1. The Morgan fingerprint density at radius 3 is 2.83 bits per heavy atom. The normalized spacial score (nSPS) is 10.6. The first-order valence-corrected chi connectivity index (χ1v) is 7.63. The molecule has 0 radical (unpaired) electrons. The first-order valence-electron chi connectivity index (χ1n) is 5.73. The molecule has 0 fully saturated rings. The van der Waals surface area contributed by atoms with Crippen LogP contribution in [0.3, 0.4) is 0 Å². The van der Waals surface area contributed by atoms with E-state index in [1.807, 2.05) is 24.4 Å². The molecule has 0 aliphatic rings. The SMILES string of the molecule is Clc1ccc(CN(CCCI)c2ccoc2)cn1. The zero-order valence-electron chi connectivity index (χ0n) is 9.85. The highest BCUT2D eigenvalue weighted by Crippen LogP contribution is 2.18. The van der Waals surface area contributed by atoms with E-state index in [4.69, 9.17) is 16.0 Å². The first kappa shape index (κ1) is 13.7. The minimum Gasteiger partial charge on any atom is -0.470 e. The van der Waals surface area contributed by atoms with Crippen molar-refractivity contribution in [2.24, 2.45) is 0 Å². The van der Waals surface area contributed by atoms with Crippen LogP contribution in [0.4, 0.5) is 5.69 Å². The predicted octanol–water partition coefficient (Wildman–Crippen LogP) is 4.16. The molecule has 2 aromatic heterocycles. The van der Waals surface area contributed by atoms with E-state index in [0.717, 1.165) is 35.2 Å². The number of nitrogens with zero attached hydrogens (tertiary/aromatic N) is 2. The molecular weight excluding hydrogens is 363 g/mol. The largest absolute Gasteiger partial charge is 0.470 e. The Morgan fingerprint density at radius 1 is 1.33 bits per heavy atom. The van der Waals surface area contributed by atoms with Gasteiger partial charge in [-0.3, -0.25) is 0 Å². The Kier molecular flexibility index (Phi) is 5.31. The quantitative estimate of drug-likeness (QED) is 0.431. The summed E-state index contributed by atoms with van der Waals surface area (Å²) in [6.45, 7) is 1.82. The zero-order chi connectivity index (χ0) is 12.8. The van der Waals surface area contributed by atoms with Crippen molar-refractivity contribution in [3.63, 3.8) is 0 Å². The number of hydrogen-bond acceptors (Lipinski definition) is 3. The highest BCUT2D eigenvalue weighted by atomic mass is 127. The number of rotatable bonds is 6. The van der Waals surface area contributed by atoms with Crippen molar-refractivity contribution in [2.45, 2.75) is 13.0 Å². The lowest BCUT2D eigenvalue weighted by Crippen LogP contribution is -2.23. The van der Waals surface area contributed by atoms with Crippen LogP contribution in [0, 0.1) is 0 Å². The van der Waals surface area contributed by atoms with E-state index in [-0.39, 0.29) is 0 Å². The minimum absolute atomic E-state index is 0.529. The minimum atomic E-state index is 0.529. The summed E-state index contributed by atoms with van der Waals surface area (Å²) in [5.74, 6) is 0. The maximum absolute atomic E-state index is 5.79. The molecule has 0 N–H and O–H groups in total. The summed E-state index contributed by atoms with van der Waals surface area (Å²) in [4.78, 5) is 6.39. The second-order valence-electron chi connectivity index (χ2n) is 3.93. The van der Waals surface area contributed by atoms with Gasteiger partial charge in [0.25, 0.3) is 0 Å². The van der Waals surface area contributed by atoms with Gasteiger partial charge in [0.15, 0.2) is 0 Å². The van der Waals surface area contributed by atoms with E-state index in [0.29, 0.717) is 5.15 Å². The third kappa shape index (κ3) is 3.88. The van der Waals surface area contributed by atoms with Crippen molar-refractivity contribution >= 4 is 39.9 Å². The number of halogens is 2. The molecule has 0 aliphatic carbocycles. The Morgan fingerprint density at radius 2 is 2.22 bits per heavy atom. The summed E-state index contributed by atoms with van der Waals surface area (Å²) in [6.07, 6.45) is 6.44. The number of pyridine rings is 1. The Balaban J connectivity index is 2.07. The first-order chi connectivity index (χ1) is 8.79. The van der Waals surface area contributed by atoms with E-state index < -0.39 is 0 Å². The van der Waals surface area contributed by atoms with Gasteiger partial charge in [0.05, 0.1) is 12.0 Å². The Bertz CT molecular complexity index is 458. The molecule has 0 amide bonds. The lowest BCUT2D eigenvalue weighted by Gasteiger charge is -2.22. The molecule has 0 aliphatic heterocycles. The molecule has 2 aromatic rings. The van der Waals surface area contributed by atoms with Gasteiger partial charge < -0.3 is 9.32 Å². The summed E-state index contributed by atoms with van der Waals surface area (Å²) in [6, 6.07) is 5.81. The molecule has 5 heteroatoms. The molecule has 0 aromatic carbocycles. The molecule has 3 nitrogen and oxygen atoms in total. The van der Waals surface area contributed by atoms with E-state index in [2.05, 4.69) is 32.5 Å². The van der Waals surface area contributed by atoms with Crippen LogP contribution in [0.25, 0.3) is 0 Å². The number of alkyl halides is 1. The summed E-state index contributed by atoms with van der Waals surface area (Å²) in [5.41, 5.74) is 2.25. The third-order valence-electron chi connectivity index (χ3n) is 2.60. The van der Waals surface area contributed by atoms with Crippen molar-refractivity contribution in [1.82, 2.24) is 4.98 Å². The molecule has 0 saturated carbocycles. The number of anilines is 1. The van der Waals surface area contributed by atoms with Gasteiger partial charge in [-0.05, 0) is 24.1 Å². The van der Waals surface area contributed by atoms with Crippen LogP contribution in [0.1, 0.15) is 12.0 Å². The van der Waals surface area contributed by atoms with Crippen LogP contribution in [-0.4, -0.2) is 16.0 Å². The van der Waals surface area contributed by atoms with Gasteiger partial charge in [-0.25, -0.2) is 4.98 Å². The molecule has 0 atom stereocenters. The van der Waals surface area contributed by atoms with Crippen molar-refractivity contribution in [1.29, 1.82) is 0 Å². The maximum atomic E-state index is 5.79. The summed E-state index contributed by atoms with van der Waals surface area (Å²) in [5, 5.41) is 0.529. The van der Waals surface area contributed by atoms with Gasteiger partial charge in [-0.1, -0.05) is 40.3 Å². The van der Waals surface area contributed by atoms with Crippen molar-refractivity contribution < 1.29 is 4.42 Å². The summed E-state index contributed by atoms with van der Waals surface area (Å²) in [7, 11) is 0. The molecule has 96 valence electrons. The fourth-order valence-corrected chi connectivity index (χ4v) is 2.16. The number of hydrogen-bond donors (Lipinski definition) is 0. The Labute approximate surface area is 125 Å². The van der Waals surface area contributed by atoms with Gasteiger partial charge in [-0.2, -0.15) is 0 Å². The fraction of sp³-hybridized carbons (Fsp3) is 0.308. The molecule has 0 saturated heterocycles. The highest BCUT2D eigenvalue weighted by Gasteiger charge is 2.08. The van der Waals surface area contributed by atoms with Gasteiger partial charge in [0.2, 0.25) is 0 Å².